The SMILES string of the molecule is CCS(=O)(=O)OC1=CCCC1. The molecule has 11 heavy (non-hydrogen) atoms. The summed E-state index contributed by atoms with van der Waals surface area (Å²) in [6.07, 6.45) is 4.55. The van der Waals surface area contributed by atoms with Crippen LogP contribution in [0.1, 0.15) is 26.2 Å². The van der Waals surface area contributed by atoms with Gasteiger partial charge in [-0.15, -0.1) is 0 Å². The molecule has 0 amide bonds. The smallest absolute Gasteiger partial charge is 0.308 e. The third-order valence-electron chi connectivity index (χ3n) is 1.59. The maximum atomic E-state index is 10.9. The van der Waals surface area contributed by atoms with Crippen molar-refractivity contribution in [1.29, 1.82) is 0 Å². The molecular formula is C7H12O3S. The summed E-state index contributed by atoms with van der Waals surface area (Å²) >= 11 is 0. The van der Waals surface area contributed by atoms with Crippen molar-refractivity contribution < 1.29 is 12.6 Å². The Morgan fingerprint density at radius 3 is 2.82 bits per heavy atom. The minimum atomic E-state index is -3.27. The molecule has 0 heterocycles. The molecule has 1 aliphatic carbocycles. The fraction of sp³-hybridized carbons (Fsp3) is 0.714. The van der Waals surface area contributed by atoms with Crippen LogP contribution in [0.15, 0.2) is 11.8 Å². The Hall–Kier alpha value is -0.510. The summed E-state index contributed by atoms with van der Waals surface area (Å²) < 4.78 is 26.6. The molecule has 0 N–H and O–H groups in total. The van der Waals surface area contributed by atoms with Crippen LogP contribution in [-0.4, -0.2) is 14.2 Å². The molecule has 0 aliphatic heterocycles. The lowest BCUT2D eigenvalue weighted by Gasteiger charge is -2.03. The van der Waals surface area contributed by atoms with Gasteiger partial charge in [-0.1, -0.05) is 0 Å². The quantitative estimate of drug-likeness (QED) is 0.611. The second-order valence-electron chi connectivity index (χ2n) is 2.49. The topological polar surface area (TPSA) is 43.4 Å². The number of allylic oxidation sites excluding steroid dienone is 2. The Bertz CT molecular complexity index is 251. The van der Waals surface area contributed by atoms with Gasteiger partial charge in [0, 0.05) is 6.42 Å². The Morgan fingerprint density at radius 2 is 2.36 bits per heavy atom. The molecule has 0 saturated carbocycles. The summed E-state index contributed by atoms with van der Waals surface area (Å²) in [6, 6.07) is 0. The number of hydrogen-bond acceptors (Lipinski definition) is 3. The van der Waals surface area contributed by atoms with E-state index in [-0.39, 0.29) is 5.75 Å². The van der Waals surface area contributed by atoms with Gasteiger partial charge in [-0.2, -0.15) is 8.42 Å². The van der Waals surface area contributed by atoms with Crippen molar-refractivity contribution in [3.63, 3.8) is 0 Å². The fourth-order valence-electron chi connectivity index (χ4n) is 0.939. The van der Waals surface area contributed by atoms with Gasteiger partial charge in [0.25, 0.3) is 0 Å². The van der Waals surface area contributed by atoms with E-state index in [0.717, 1.165) is 19.3 Å². The standard InChI is InChI=1S/C7H12O3S/c1-2-11(8,9)10-7-5-3-4-6-7/h5H,2-4,6H2,1H3. The minimum Gasteiger partial charge on any atom is -0.387 e. The van der Waals surface area contributed by atoms with Crippen LogP contribution >= 0.6 is 0 Å². The van der Waals surface area contributed by atoms with E-state index in [4.69, 9.17) is 4.18 Å². The lowest BCUT2D eigenvalue weighted by Crippen LogP contribution is -2.06. The van der Waals surface area contributed by atoms with Crippen LogP contribution in [0.25, 0.3) is 0 Å². The molecule has 0 saturated heterocycles. The van der Waals surface area contributed by atoms with Crippen molar-refractivity contribution in [3.8, 4) is 0 Å². The highest BCUT2D eigenvalue weighted by atomic mass is 32.2. The molecule has 0 aromatic heterocycles. The Morgan fingerprint density at radius 1 is 1.64 bits per heavy atom. The van der Waals surface area contributed by atoms with Gasteiger partial charge in [0.1, 0.15) is 5.76 Å². The third-order valence-corrected chi connectivity index (χ3v) is 2.76. The van der Waals surface area contributed by atoms with Gasteiger partial charge in [-0.3, -0.25) is 0 Å². The van der Waals surface area contributed by atoms with Gasteiger partial charge < -0.3 is 4.18 Å². The molecule has 1 aliphatic rings. The Kier molecular flexibility index (Phi) is 2.54. The molecule has 0 radical (unpaired) electrons. The van der Waals surface area contributed by atoms with E-state index in [1.165, 1.54) is 0 Å². The molecule has 0 atom stereocenters. The Balaban J connectivity index is 2.54. The summed E-state index contributed by atoms with van der Waals surface area (Å²) in [6.45, 7) is 1.57. The van der Waals surface area contributed by atoms with E-state index in [9.17, 15) is 8.42 Å². The lowest BCUT2D eigenvalue weighted by molar-refractivity contribution is 0.397. The van der Waals surface area contributed by atoms with E-state index < -0.39 is 10.1 Å². The van der Waals surface area contributed by atoms with E-state index in [2.05, 4.69) is 0 Å². The highest BCUT2D eigenvalue weighted by Crippen LogP contribution is 2.20. The maximum absolute atomic E-state index is 10.9. The van der Waals surface area contributed by atoms with E-state index in [1.807, 2.05) is 6.08 Å². The van der Waals surface area contributed by atoms with Crippen LogP contribution < -0.4 is 0 Å². The first kappa shape index (κ1) is 8.59. The minimum absolute atomic E-state index is 0.0460. The largest absolute Gasteiger partial charge is 0.387 e. The first-order valence-electron chi connectivity index (χ1n) is 3.75. The highest BCUT2D eigenvalue weighted by molar-refractivity contribution is 7.86. The molecule has 0 fully saturated rings. The average Bonchev–Trinajstić information content (AvgIpc) is 2.39. The molecule has 3 nitrogen and oxygen atoms in total. The van der Waals surface area contributed by atoms with Crippen molar-refractivity contribution >= 4 is 10.1 Å². The summed E-state index contributed by atoms with van der Waals surface area (Å²) in [5.41, 5.74) is 0. The second kappa shape index (κ2) is 3.26. The van der Waals surface area contributed by atoms with E-state index in [1.54, 1.807) is 6.92 Å². The molecule has 0 unspecified atom stereocenters. The van der Waals surface area contributed by atoms with Crippen molar-refractivity contribution in [1.82, 2.24) is 0 Å². The number of rotatable bonds is 3. The van der Waals surface area contributed by atoms with Crippen LogP contribution in [-0.2, 0) is 14.3 Å². The summed E-state index contributed by atoms with van der Waals surface area (Å²) in [4.78, 5) is 0. The van der Waals surface area contributed by atoms with Gasteiger partial charge in [-0.25, -0.2) is 0 Å². The summed E-state index contributed by atoms with van der Waals surface area (Å²) in [5.74, 6) is 0.663. The van der Waals surface area contributed by atoms with Gasteiger partial charge in [-0.05, 0) is 25.8 Å². The summed E-state index contributed by atoms with van der Waals surface area (Å²) in [5, 5.41) is 0. The molecule has 64 valence electrons. The van der Waals surface area contributed by atoms with Crippen LogP contribution in [0.5, 0.6) is 0 Å². The van der Waals surface area contributed by atoms with Crippen molar-refractivity contribution in [2.75, 3.05) is 5.75 Å². The average molecular weight is 176 g/mol. The van der Waals surface area contributed by atoms with Gasteiger partial charge in [0.05, 0.1) is 5.75 Å². The fourth-order valence-corrected chi connectivity index (χ4v) is 1.53. The molecule has 0 aromatic rings. The monoisotopic (exact) mass is 176 g/mol. The molecule has 1 rings (SSSR count). The summed E-state index contributed by atoms with van der Waals surface area (Å²) in [7, 11) is -3.27. The first-order chi connectivity index (χ1) is 5.14. The molecule has 0 bridgehead atoms. The second-order valence-corrected chi connectivity index (χ2v) is 4.35. The number of hydrogen-bond donors (Lipinski definition) is 0. The van der Waals surface area contributed by atoms with E-state index in [0.29, 0.717) is 5.76 Å². The van der Waals surface area contributed by atoms with Crippen LogP contribution in [0.4, 0.5) is 0 Å². The normalized spacial score (nSPS) is 18.1. The van der Waals surface area contributed by atoms with Crippen molar-refractivity contribution in [2.45, 2.75) is 26.2 Å². The van der Waals surface area contributed by atoms with Crippen molar-refractivity contribution in [2.24, 2.45) is 0 Å². The molecular weight excluding hydrogens is 164 g/mol. The Labute approximate surface area is 67.2 Å². The van der Waals surface area contributed by atoms with Crippen LogP contribution in [0, 0.1) is 0 Å². The predicted octanol–water partition coefficient (Wildman–Crippen LogP) is 1.42. The lowest BCUT2D eigenvalue weighted by atomic mass is 10.4. The molecule has 4 heteroatoms. The molecule has 0 spiro atoms. The van der Waals surface area contributed by atoms with E-state index >= 15 is 0 Å². The zero-order valence-electron chi connectivity index (χ0n) is 6.54. The zero-order valence-corrected chi connectivity index (χ0v) is 7.36. The van der Waals surface area contributed by atoms with Crippen molar-refractivity contribution in [3.05, 3.63) is 11.8 Å². The van der Waals surface area contributed by atoms with Gasteiger partial charge in [0.15, 0.2) is 0 Å². The predicted molar refractivity (Wildman–Crippen MR) is 42.5 cm³/mol. The van der Waals surface area contributed by atoms with Crippen LogP contribution in [0.2, 0.25) is 0 Å². The highest BCUT2D eigenvalue weighted by Gasteiger charge is 2.13. The maximum Gasteiger partial charge on any atom is 0.308 e. The zero-order chi connectivity index (χ0) is 8.32. The van der Waals surface area contributed by atoms with Gasteiger partial charge in [0.2, 0.25) is 0 Å². The van der Waals surface area contributed by atoms with Gasteiger partial charge >= 0.3 is 10.1 Å². The van der Waals surface area contributed by atoms with Crippen LogP contribution in [0.3, 0.4) is 0 Å². The first-order valence-corrected chi connectivity index (χ1v) is 5.33. The third kappa shape index (κ3) is 2.54. The molecule has 0 aromatic carbocycles.